The zero-order valence-corrected chi connectivity index (χ0v) is 15.3. The van der Waals surface area contributed by atoms with Gasteiger partial charge in [-0.1, -0.05) is 12.1 Å². The topological polar surface area (TPSA) is 104 Å². The monoisotopic (exact) mass is 374 g/mol. The number of aryl methyl sites for hydroxylation is 2. The van der Waals surface area contributed by atoms with Crippen molar-refractivity contribution in [3.63, 3.8) is 0 Å². The normalized spacial score (nSPS) is 10.8. The molecule has 3 aromatic heterocycles. The largest absolute Gasteiger partial charge is 0.324 e. The van der Waals surface area contributed by atoms with Crippen molar-refractivity contribution < 1.29 is 10.0 Å². The van der Waals surface area contributed by atoms with Gasteiger partial charge < -0.3 is 5.32 Å². The molecule has 140 valence electrons. The van der Waals surface area contributed by atoms with Crippen LogP contribution in [0.2, 0.25) is 0 Å². The summed E-state index contributed by atoms with van der Waals surface area (Å²) in [6, 6.07) is 12.5. The maximum atomic E-state index is 11.6. The highest BCUT2D eigenvalue weighted by atomic mass is 16.5. The number of hydrogen-bond acceptors (Lipinski definition) is 6. The molecule has 3 heterocycles. The first-order valence-corrected chi connectivity index (χ1v) is 8.66. The van der Waals surface area contributed by atoms with Crippen molar-refractivity contribution in [2.45, 2.75) is 13.8 Å². The molecule has 28 heavy (non-hydrogen) atoms. The van der Waals surface area contributed by atoms with E-state index in [1.165, 1.54) is 0 Å². The van der Waals surface area contributed by atoms with E-state index in [4.69, 9.17) is 5.21 Å². The smallest absolute Gasteiger partial charge is 0.274 e. The highest BCUT2D eigenvalue weighted by molar-refractivity contribution is 5.94. The van der Waals surface area contributed by atoms with E-state index in [0.29, 0.717) is 17.2 Å². The Kier molecular flexibility index (Phi) is 4.46. The van der Waals surface area contributed by atoms with E-state index in [1.807, 2.05) is 42.6 Å². The van der Waals surface area contributed by atoms with Crippen LogP contribution in [-0.4, -0.2) is 30.5 Å². The van der Waals surface area contributed by atoms with Crippen LogP contribution in [0.25, 0.3) is 17.0 Å². The van der Waals surface area contributed by atoms with Gasteiger partial charge in [-0.3, -0.25) is 14.4 Å². The quantitative estimate of drug-likeness (QED) is 0.374. The summed E-state index contributed by atoms with van der Waals surface area (Å²) >= 11 is 0. The second-order valence-corrected chi connectivity index (χ2v) is 6.35. The second kappa shape index (κ2) is 7.09. The van der Waals surface area contributed by atoms with Crippen molar-refractivity contribution in [1.82, 2.24) is 24.8 Å². The summed E-state index contributed by atoms with van der Waals surface area (Å²) in [5, 5.41) is 11.9. The average Bonchev–Trinajstić information content (AvgIpc) is 3.04. The Balaban J connectivity index is 1.74. The van der Waals surface area contributed by atoms with E-state index in [-0.39, 0.29) is 0 Å². The van der Waals surface area contributed by atoms with E-state index in [1.54, 1.807) is 35.9 Å². The van der Waals surface area contributed by atoms with Gasteiger partial charge in [0.15, 0.2) is 0 Å². The van der Waals surface area contributed by atoms with Gasteiger partial charge in [-0.05, 0) is 49.7 Å². The molecule has 3 N–H and O–H groups in total. The van der Waals surface area contributed by atoms with E-state index in [2.05, 4.69) is 20.3 Å². The number of benzene rings is 1. The molecule has 0 aliphatic rings. The van der Waals surface area contributed by atoms with Gasteiger partial charge in [0.05, 0.1) is 17.1 Å². The minimum absolute atomic E-state index is 0.317. The molecular weight excluding hydrogens is 356 g/mol. The summed E-state index contributed by atoms with van der Waals surface area (Å²) in [4.78, 5) is 25.2. The van der Waals surface area contributed by atoms with E-state index < -0.39 is 5.91 Å². The number of fused-ring (bicyclic) bond motifs is 1. The number of carbonyl (C=O) groups excluding carboxylic acids is 1. The van der Waals surface area contributed by atoms with Crippen LogP contribution in [0.5, 0.6) is 0 Å². The summed E-state index contributed by atoms with van der Waals surface area (Å²) in [5.74, 6) is -0.192. The Morgan fingerprint density at radius 1 is 1.11 bits per heavy atom. The number of carbonyl (C=O) groups is 1. The average molecular weight is 374 g/mol. The summed E-state index contributed by atoms with van der Waals surface area (Å²) in [5.41, 5.74) is 6.91. The second-order valence-electron chi connectivity index (χ2n) is 6.35. The summed E-state index contributed by atoms with van der Waals surface area (Å²) in [7, 11) is 0. The van der Waals surface area contributed by atoms with Gasteiger partial charge in [0.25, 0.3) is 5.91 Å². The minimum Gasteiger partial charge on any atom is -0.324 e. The molecule has 4 aromatic rings. The summed E-state index contributed by atoms with van der Waals surface area (Å²) in [6.45, 7) is 3.90. The molecular formula is C20H18N6O2. The highest BCUT2D eigenvalue weighted by Crippen LogP contribution is 2.27. The van der Waals surface area contributed by atoms with E-state index in [0.717, 1.165) is 28.3 Å². The highest BCUT2D eigenvalue weighted by Gasteiger charge is 2.15. The van der Waals surface area contributed by atoms with E-state index in [9.17, 15) is 4.79 Å². The van der Waals surface area contributed by atoms with Crippen molar-refractivity contribution in [1.29, 1.82) is 0 Å². The number of rotatable bonds is 4. The molecule has 0 unspecified atom stereocenters. The van der Waals surface area contributed by atoms with Gasteiger partial charge in [0.2, 0.25) is 5.95 Å². The van der Waals surface area contributed by atoms with Crippen molar-refractivity contribution in [3.8, 4) is 11.4 Å². The van der Waals surface area contributed by atoms with Crippen LogP contribution in [0.4, 0.5) is 11.6 Å². The van der Waals surface area contributed by atoms with Crippen LogP contribution in [-0.2, 0) is 0 Å². The lowest BCUT2D eigenvalue weighted by Crippen LogP contribution is -2.18. The number of aromatic nitrogens is 4. The van der Waals surface area contributed by atoms with Crippen LogP contribution < -0.4 is 10.8 Å². The third kappa shape index (κ3) is 3.17. The van der Waals surface area contributed by atoms with E-state index >= 15 is 0 Å². The zero-order valence-electron chi connectivity index (χ0n) is 15.3. The van der Waals surface area contributed by atoms with Crippen molar-refractivity contribution in [3.05, 3.63) is 71.7 Å². The molecule has 1 amide bonds. The number of hydrogen-bond donors (Lipinski definition) is 3. The number of nitrogens with one attached hydrogen (secondary N) is 2. The van der Waals surface area contributed by atoms with Crippen LogP contribution >= 0.6 is 0 Å². The summed E-state index contributed by atoms with van der Waals surface area (Å²) in [6.07, 6.45) is 3.70. The molecule has 0 aliphatic carbocycles. The first kappa shape index (κ1) is 17.6. The number of hydroxylamine groups is 1. The Labute approximate surface area is 160 Å². The van der Waals surface area contributed by atoms with Gasteiger partial charge in [-0.15, -0.1) is 0 Å². The Bertz CT molecular complexity index is 1180. The fraction of sp³-hybridized carbons (Fsp3) is 0.100. The molecule has 0 aliphatic heterocycles. The standard InChI is InChI=1S/C20H18N6O2/c1-12-11-21-20(23-15-7-5-6-14(10-15)19(27)25-28)24-17(12)18-13(2)22-16-8-3-4-9-26(16)18/h3-11,28H,1-2H3,(H,25,27)(H,21,23,24). The van der Waals surface area contributed by atoms with Gasteiger partial charge >= 0.3 is 0 Å². The van der Waals surface area contributed by atoms with Crippen LogP contribution in [0.15, 0.2) is 54.9 Å². The number of anilines is 2. The number of imidazole rings is 1. The predicted molar refractivity (Wildman–Crippen MR) is 105 cm³/mol. The first-order valence-electron chi connectivity index (χ1n) is 8.66. The predicted octanol–water partition coefficient (Wildman–Crippen LogP) is 3.27. The molecule has 8 heteroatoms. The van der Waals surface area contributed by atoms with Crippen molar-refractivity contribution >= 4 is 23.2 Å². The number of pyridine rings is 1. The Morgan fingerprint density at radius 2 is 1.96 bits per heavy atom. The fourth-order valence-electron chi connectivity index (χ4n) is 3.07. The maximum Gasteiger partial charge on any atom is 0.274 e. The van der Waals surface area contributed by atoms with Gasteiger partial charge in [0.1, 0.15) is 5.65 Å². The molecule has 0 saturated heterocycles. The maximum absolute atomic E-state index is 11.6. The van der Waals surface area contributed by atoms with Crippen molar-refractivity contribution in [2.75, 3.05) is 5.32 Å². The minimum atomic E-state index is -0.587. The molecule has 0 bridgehead atoms. The Morgan fingerprint density at radius 3 is 2.79 bits per heavy atom. The summed E-state index contributed by atoms with van der Waals surface area (Å²) < 4.78 is 2.00. The lowest BCUT2D eigenvalue weighted by Gasteiger charge is -2.10. The lowest BCUT2D eigenvalue weighted by molar-refractivity contribution is 0.0706. The third-order valence-corrected chi connectivity index (χ3v) is 4.38. The molecule has 0 fully saturated rings. The lowest BCUT2D eigenvalue weighted by atomic mass is 10.1. The SMILES string of the molecule is Cc1cnc(Nc2cccc(C(=O)NO)c2)nc1-c1c(C)nc2ccccn12. The molecule has 0 spiro atoms. The number of nitrogens with zero attached hydrogens (tertiary/aromatic N) is 4. The van der Waals surface area contributed by atoms with Crippen LogP contribution in [0.3, 0.4) is 0 Å². The van der Waals surface area contributed by atoms with Gasteiger partial charge in [0, 0.05) is 23.6 Å². The zero-order chi connectivity index (χ0) is 19.7. The molecule has 4 rings (SSSR count). The number of amides is 1. The fourth-order valence-corrected chi connectivity index (χ4v) is 3.07. The molecule has 1 aromatic carbocycles. The third-order valence-electron chi connectivity index (χ3n) is 4.38. The Hall–Kier alpha value is -3.78. The van der Waals surface area contributed by atoms with Gasteiger partial charge in [-0.25, -0.2) is 20.4 Å². The molecule has 0 atom stereocenters. The van der Waals surface area contributed by atoms with Crippen LogP contribution in [0.1, 0.15) is 21.6 Å². The molecule has 8 nitrogen and oxygen atoms in total. The van der Waals surface area contributed by atoms with Crippen molar-refractivity contribution in [2.24, 2.45) is 0 Å². The van der Waals surface area contributed by atoms with Crippen LogP contribution in [0, 0.1) is 13.8 Å². The molecule has 0 saturated carbocycles. The first-order chi connectivity index (χ1) is 13.6. The molecule has 0 radical (unpaired) electrons. The van der Waals surface area contributed by atoms with Gasteiger partial charge in [-0.2, -0.15) is 0 Å².